The molecule has 6 nitrogen and oxygen atoms in total. The smallest absolute Gasteiger partial charge is 0.264 e. The molecular formula is C23H28N4O2S. The highest BCUT2D eigenvalue weighted by atomic mass is 32.1. The van der Waals surface area contributed by atoms with Gasteiger partial charge >= 0.3 is 0 Å². The summed E-state index contributed by atoms with van der Waals surface area (Å²) in [5.74, 6) is 0.501. The molecule has 0 spiro atoms. The van der Waals surface area contributed by atoms with Gasteiger partial charge in [0.15, 0.2) is 0 Å². The van der Waals surface area contributed by atoms with Crippen molar-refractivity contribution in [2.24, 2.45) is 0 Å². The second-order valence-electron chi connectivity index (χ2n) is 7.76. The second kappa shape index (κ2) is 9.36. The van der Waals surface area contributed by atoms with Crippen LogP contribution in [-0.4, -0.2) is 38.0 Å². The van der Waals surface area contributed by atoms with Crippen LogP contribution >= 0.6 is 11.3 Å². The molecule has 0 bridgehead atoms. The minimum Gasteiger partial charge on any atom is -0.389 e. The highest BCUT2D eigenvalue weighted by molar-refractivity contribution is 7.17. The van der Waals surface area contributed by atoms with Crippen LogP contribution < -0.4 is 5.32 Å². The van der Waals surface area contributed by atoms with Crippen molar-refractivity contribution in [3.05, 3.63) is 59.1 Å². The molecule has 2 aromatic heterocycles. The van der Waals surface area contributed by atoms with Crippen LogP contribution in [-0.2, 0) is 0 Å². The lowest BCUT2D eigenvalue weighted by molar-refractivity contribution is 0.0649. The van der Waals surface area contributed by atoms with Crippen LogP contribution in [0.15, 0.2) is 48.7 Å². The number of carbonyl (C=O) groups is 1. The third kappa shape index (κ3) is 5.04. The van der Waals surface area contributed by atoms with Crippen molar-refractivity contribution in [3.63, 3.8) is 0 Å². The topological polar surface area (TPSA) is 78.3 Å². The number of nitrogens with zero attached hydrogens (tertiary/aromatic N) is 3. The fourth-order valence-corrected chi connectivity index (χ4v) is 4.26. The van der Waals surface area contributed by atoms with Crippen molar-refractivity contribution in [1.29, 1.82) is 0 Å². The van der Waals surface area contributed by atoms with Crippen molar-refractivity contribution in [1.82, 2.24) is 14.9 Å². The van der Waals surface area contributed by atoms with E-state index in [-0.39, 0.29) is 18.0 Å². The first-order chi connectivity index (χ1) is 14.3. The third-order valence-electron chi connectivity index (χ3n) is 4.70. The Kier molecular flexibility index (Phi) is 6.84. The lowest BCUT2D eigenvalue weighted by atomic mass is 10.1. The zero-order valence-electron chi connectivity index (χ0n) is 18.0. The van der Waals surface area contributed by atoms with E-state index in [1.165, 1.54) is 11.3 Å². The SMILES string of the molecule is CC(O)c1cccc(Nc2nccc(-c3ccc(C(=O)N(C(C)C)C(C)C)s3)n2)c1. The Balaban J connectivity index is 1.82. The molecule has 0 fully saturated rings. The average molecular weight is 425 g/mol. The summed E-state index contributed by atoms with van der Waals surface area (Å²) in [7, 11) is 0. The molecule has 1 aromatic carbocycles. The molecule has 2 heterocycles. The van der Waals surface area contributed by atoms with Gasteiger partial charge in [-0.25, -0.2) is 9.97 Å². The van der Waals surface area contributed by atoms with Gasteiger partial charge in [0.05, 0.1) is 21.6 Å². The van der Waals surface area contributed by atoms with Gasteiger partial charge in [-0.05, 0) is 70.5 Å². The molecule has 2 N–H and O–H groups in total. The fraction of sp³-hybridized carbons (Fsp3) is 0.348. The number of hydrogen-bond donors (Lipinski definition) is 2. The molecule has 0 aliphatic carbocycles. The normalized spacial score (nSPS) is 12.3. The molecule has 30 heavy (non-hydrogen) atoms. The highest BCUT2D eigenvalue weighted by Crippen LogP contribution is 2.29. The number of rotatable bonds is 7. The number of carbonyl (C=O) groups excluding carboxylic acids is 1. The molecule has 0 radical (unpaired) electrons. The Hall–Kier alpha value is -2.77. The van der Waals surface area contributed by atoms with Gasteiger partial charge < -0.3 is 15.3 Å². The number of aliphatic hydroxyl groups excluding tert-OH is 1. The summed E-state index contributed by atoms with van der Waals surface area (Å²) < 4.78 is 0. The van der Waals surface area contributed by atoms with Crippen LogP contribution in [0.1, 0.15) is 56.0 Å². The van der Waals surface area contributed by atoms with Gasteiger partial charge in [-0.15, -0.1) is 11.3 Å². The Bertz CT molecular complexity index is 1010. The summed E-state index contributed by atoms with van der Waals surface area (Å²) in [6.07, 6.45) is 1.15. The number of anilines is 2. The monoisotopic (exact) mass is 424 g/mol. The summed E-state index contributed by atoms with van der Waals surface area (Å²) in [5.41, 5.74) is 2.37. The van der Waals surface area contributed by atoms with E-state index in [2.05, 4.69) is 15.3 Å². The van der Waals surface area contributed by atoms with Crippen LogP contribution in [0.4, 0.5) is 11.6 Å². The fourth-order valence-electron chi connectivity index (χ4n) is 3.34. The van der Waals surface area contributed by atoms with Gasteiger partial charge in [-0.1, -0.05) is 12.1 Å². The Morgan fingerprint density at radius 1 is 1.07 bits per heavy atom. The number of aromatic nitrogens is 2. The number of hydrogen-bond acceptors (Lipinski definition) is 6. The average Bonchev–Trinajstić information content (AvgIpc) is 3.18. The Labute approximate surface area is 181 Å². The van der Waals surface area contributed by atoms with Gasteiger partial charge in [0, 0.05) is 24.0 Å². The minimum atomic E-state index is -0.544. The molecule has 3 aromatic rings. The molecule has 0 saturated heterocycles. The number of thiophene rings is 1. The molecule has 1 atom stereocenters. The molecule has 0 aliphatic rings. The molecule has 0 aliphatic heterocycles. The highest BCUT2D eigenvalue weighted by Gasteiger charge is 2.23. The predicted molar refractivity (Wildman–Crippen MR) is 122 cm³/mol. The molecule has 3 rings (SSSR count). The van der Waals surface area contributed by atoms with Gasteiger partial charge in [-0.2, -0.15) is 0 Å². The van der Waals surface area contributed by atoms with Crippen LogP contribution in [0.2, 0.25) is 0 Å². The van der Waals surface area contributed by atoms with E-state index in [0.29, 0.717) is 10.8 Å². The number of benzene rings is 1. The summed E-state index contributed by atoms with van der Waals surface area (Å²) in [5, 5.41) is 13.0. The standard InChI is InChI=1S/C23H28N4O2S/c1-14(2)27(15(3)4)22(29)21-10-9-20(30-21)19-11-12-24-23(26-19)25-18-8-6-7-17(13-18)16(5)28/h6-16,28H,1-5H3,(H,24,25,26). The summed E-state index contributed by atoms with van der Waals surface area (Å²) in [6, 6.07) is 13.4. The largest absolute Gasteiger partial charge is 0.389 e. The second-order valence-corrected chi connectivity index (χ2v) is 8.84. The van der Waals surface area contributed by atoms with E-state index in [1.54, 1.807) is 13.1 Å². The van der Waals surface area contributed by atoms with Crippen molar-refractivity contribution < 1.29 is 9.90 Å². The lowest BCUT2D eigenvalue weighted by Crippen LogP contribution is -2.41. The Morgan fingerprint density at radius 2 is 1.80 bits per heavy atom. The van der Waals surface area contributed by atoms with Gasteiger partial charge in [-0.3, -0.25) is 4.79 Å². The maximum absolute atomic E-state index is 12.9. The van der Waals surface area contributed by atoms with Crippen LogP contribution in [0, 0.1) is 0 Å². The molecular weight excluding hydrogens is 396 g/mol. The molecule has 158 valence electrons. The quantitative estimate of drug-likeness (QED) is 0.541. The van der Waals surface area contributed by atoms with Gasteiger partial charge in [0.1, 0.15) is 0 Å². The Morgan fingerprint density at radius 3 is 2.47 bits per heavy atom. The van der Waals surface area contributed by atoms with E-state index in [4.69, 9.17) is 0 Å². The van der Waals surface area contributed by atoms with Crippen LogP contribution in [0.3, 0.4) is 0 Å². The first kappa shape index (κ1) is 21.9. The number of aliphatic hydroxyl groups is 1. The van der Waals surface area contributed by atoms with Crippen molar-refractivity contribution in [3.8, 4) is 10.6 Å². The van der Waals surface area contributed by atoms with Gasteiger partial charge in [0.2, 0.25) is 5.95 Å². The van der Waals surface area contributed by atoms with E-state index in [1.807, 2.05) is 75.1 Å². The van der Waals surface area contributed by atoms with Crippen molar-refractivity contribution in [2.75, 3.05) is 5.32 Å². The van der Waals surface area contributed by atoms with Crippen molar-refractivity contribution >= 4 is 28.9 Å². The summed E-state index contributed by atoms with van der Waals surface area (Å²) in [6.45, 7) is 9.84. The van der Waals surface area contributed by atoms with E-state index < -0.39 is 6.10 Å². The summed E-state index contributed by atoms with van der Waals surface area (Å²) >= 11 is 1.44. The first-order valence-electron chi connectivity index (χ1n) is 10.1. The van der Waals surface area contributed by atoms with Crippen molar-refractivity contribution in [2.45, 2.75) is 52.8 Å². The zero-order valence-corrected chi connectivity index (χ0v) is 18.8. The lowest BCUT2D eigenvalue weighted by Gasteiger charge is -2.30. The van der Waals surface area contributed by atoms with Gasteiger partial charge in [0.25, 0.3) is 5.91 Å². The molecule has 7 heteroatoms. The van der Waals surface area contributed by atoms with Crippen LogP contribution in [0.25, 0.3) is 10.6 Å². The maximum Gasteiger partial charge on any atom is 0.264 e. The summed E-state index contributed by atoms with van der Waals surface area (Å²) in [4.78, 5) is 25.3. The third-order valence-corrected chi connectivity index (χ3v) is 5.79. The first-order valence-corrected chi connectivity index (χ1v) is 10.9. The van der Waals surface area contributed by atoms with E-state index >= 15 is 0 Å². The molecule has 1 amide bonds. The maximum atomic E-state index is 12.9. The zero-order chi connectivity index (χ0) is 21.8. The predicted octanol–water partition coefficient (Wildman–Crippen LogP) is 5.26. The van der Waals surface area contributed by atoms with E-state index in [9.17, 15) is 9.90 Å². The molecule has 1 unspecified atom stereocenters. The van der Waals surface area contributed by atoms with Crippen LogP contribution in [0.5, 0.6) is 0 Å². The minimum absolute atomic E-state index is 0.0404. The van der Waals surface area contributed by atoms with E-state index in [0.717, 1.165) is 21.8 Å². The number of nitrogens with one attached hydrogen (secondary N) is 1. The number of amides is 1. The molecule has 0 saturated carbocycles.